The molecule has 0 aliphatic rings. The highest BCUT2D eigenvalue weighted by Gasteiger charge is 2.06. The monoisotopic (exact) mass is 317 g/mol. The molecule has 0 atom stereocenters. The molecule has 0 aromatic heterocycles. The van der Waals surface area contributed by atoms with Gasteiger partial charge in [0, 0.05) is 15.7 Å². The van der Waals surface area contributed by atoms with Crippen LogP contribution in [-0.4, -0.2) is 5.91 Å². The number of amides is 1. The van der Waals surface area contributed by atoms with Gasteiger partial charge in [0.05, 0.1) is 0 Å². The van der Waals surface area contributed by atoms with Crippen molar-refractivity contribution in [3.8, 4) is 0 Å². The van der Waals surface area contributed by atoms with Crippen molar-refractivity contribution in [3.63, 3.8) is 0 Å². The molecule has 0 saturated heterocycles. The third-order valence-electron chi connectivity index (χ3n) is 2.84. The lowest BCUT2D eigenvalue weighted by molar-refractivity contribution is 0.102. The van der Waals surface area contributed by atoms with Gasteiger partial charge in [0.1, 0.15) is 0 Å². The Kier molecular flexibility index (Phi) is 4.74. The zero-order chi connectivity index (χ0) is 13.7. The SMILES string of the molecule is CCCc1ccc(NC(=O)c2cccc(Br)c2)cc1. The van der Waals surface area contributed by atoms with E-state index >= 15 is 0 Å². The van der Waals surface area contributed by atoms with Crippen LogP contribution in [0, 0.1) is 0 Å². The molecule has 1 amide bonds. The minimum absolute atomic E-state index is 0.0930. The van der Waals surface area contributed by atoms with E-state index in [4.69, 9.17) is 0 Å². The molecule has 0 radical (unpaired) electrons. The van der Waals surface area contributed by atoms with Gasteiger partial charge >= 0.3 is 0 Å². The molecule has 98 valence electrons. The maximum absolute atomic E-state index is 12.0. The lowest BCUT2D eigenvalue weighted by Gasteiger charge is -2.06. The average molecular weight is 318 g/mol. The second-order valence-corrected chi connectivity index (χ2v) is 5.33. The van der Waals surface area contributed by atoms with Gasteiger partial charge in [0.25, 0.3) is 5.91 Å². The molecule has 2 aromatic carbocycles. The van der Waals surface area contributed by atoms with Crippen LogP contribution in [-0.2, 0) is 6.42 Å². The lowest BCUT2D eigenvalue weighted by Crippen LogP contribution is -2.11. The van der Waals surface area contributed by atoms with E-state index in [9.17, 15) is 4.79 Å². The summed E-state index contributed by atoms with van der Waals surface area (Å²) < 4.78 is 0.901. The van der Waals surface area contributed by atoms with E-state index in [-0.39, 0.29) is 5.91 Å². The summed E-state index contributed by atoms with van der Waals surface area (Å²) in [5, 5.41) is 2.89. The Bertz CT molecular complexity index is 563. The van der Waals surface area contributed by atoms with Gasteiger partial charge in [-0.1, -0.05) is 47.5 Å². The smallest absolute Gasteiger partial charge is 0.255 e. The van der Waals surface area contributed by atoms with Crippen LogP contribution in [0.5, 0.6) is 0 Å². The van der Waals surface area contributed by atoms with Gasteiger partial charge in [-0.2, -0.15) is 0 Å². The fraction of sp³-hybridized carbons (Fsp3) is 0.188. The predicted molar refractivity (Wildman–Crippen MR) is 82.5 cm³/mol. The number of carbonyl (C=O) groups excluding carboxylic acids is 1. The summed E-state index contributed by atoms with van der Waals surface area (Å²) in [5.41, 5.74) is 2.76. The summed E-state index contributed by atoms with van der Waals surface area (Å²) in [5.74, 6) is -0.0930. The molecule has 0 fully saturated rings. The number of anilines is 1. The summed E-state index contributed by atoms with van der Waals surface area (Å²) in [6, 6.07) is 15.4. The number of nitrogens with one attached hydrogen (secondary N) is 1. The van der Waals surface area contributed by atoms with Crippen molar-refractivity contribution < 1.29 is 4.79 Å². The molecule has 0 saturated carbocycles. The van der Waals surface area contributed by atoms with Crippen molar-refractivity contribution in [3.05, 3.63) is 64.1 Å². The van der Waals surface area contributed by atoms with E-state index < -0.39 is 0 Å². The normalized spacial score (nSPS) is 10.2. The van der Waals surface area contributed by atoms with E-state index in [0.29, 0.717) is 5.56 Å². The molecule has 2 aromatic rings. The van der Waals surface area contributed by atoms with Gasteiger partial charge in [0.2, 0.25) is 0 Å². The van der Waals surface area contributed by atoms with Crippen LogP contribution in [0.25, 0.3) is 0 Å². The standard InChI is InChI=1S/C16H16BrNO/c1-2-4-12-7-9-15(10-8-12)18-16(19)13-5-3-6-14(17)11-13/h3,5-11H,2,4H2,1H3,(H,18,19). The van der Waals surface area contributed by atoms with Gasteiger partial charge in [0.15, 0.2) is 0 Å². The minimum atomic E-state index is -0.0930. The molecular formula is C16H16BrNO. The Morgan fingerprint density at radius 1 is 1.16 bits per heavy atom. The van der Waals surface area contributed by atoms with Crippen LogP contribution in [0.1, 0.15) is 29.3 Å². The van der Waals surface area contributed by atoms with Crippen LogP contribution in [0.15, 0.2) is 53.0 Å². The first-order valence-electron chi connectivity index (χ1n) is 6.35. The highest BCUT2D eigenvalue weighted by atomic mass is 79.9. The first kappa shape index (κ1) is 13.8. The molecule has 1 N–H and O–H groups in total. The van der Waals surface area contributed by atoms with E-state index in [1.165, 1.54) is 5.56 Å². The molecule has 0 heterocycles. The Labute approximate surface area is 122 Å². The van der Waals surface area contributed by atoms with E-state index in [1.807, 2.05) is 24.3 Å². The third kappa shape index (κ3) is 3.93. The molecule has 0 aliphatic heterocycles. The first-order valence-corrected chi connectivity index (χ1v) is 7.14. The number of halogens is 1. The van der Waals surface area contributed by atoms with Crippen molar-refractivity contribution in [2.24, 2.45) is 0 Å². The van der Waals surface area contributed by atoms with E-state index in [1.54, 1.807) is 12.1 Å². The van der Waals surface area contributed by atoms with Crippen molar-refractivity contribution in [2.75, 3.05) is 5.32 Å². The second-order valence-electron chi connectivity index (χ2n) is 4.41. The Morgan fingerprint density at radius 3 is 2.53 bits per heavy atom. The number of carbonyl (C=O) groups is 1. The molecule has 3 heteroatoms. The number of rotatable bonds is 4. The molecular weight excluding hydrogens is 302 g/mol. The number of hydrogen-bond acceptors (Lipinski definition) is 1. The van der Waals surface area contributed by atoms with Crippen LogP contribution in [0.2, 0.25) is 0 Å². The Hall–Kier alpha value is -1.61. The molecule has 0 aliphatic carbocycles. The van der Waals surface area contributed by atoms with Crippen LogP contribution in [0.4, 0.5) is 5.69 Å². The zero-order valence-electron chi connectivity index (χ0n) is 10.8. The zero-order valence-corrected chi connectivity index (χ0v) is 12.4. The molecule has 0 spiro atoms. The summed E-state index contributed by atoms with van der Waals surface area (Å²) in [7, 11) is 0. The largest absolute Gasteiger partial charge is 0.322 e. The highest BCUT2D eigenvalue weighted by molar-refractivity contribution is 9.10. The Morgan fingerprint density at radius 2 is 1.89 bits per heavy atom. The maximum Gasteiger partial charge on any atom is 0.255 e. The van der Waals surface area contributed by atoms with Crippen LogP contribution >= 0.6 is 15.9 Å². The highest BCUT2D eigenvalue weighted by Crippen LogP contribution is 2.15. The van der Waals surface area contributed by atoms with E-state index in [0.717, 1.165) is 23.0 Å². The third-order valence-corrected chi connectivity index (χ3v) is 3.33. The van der Waals surface area contributed by atoms with Gasteiger partial charge in [-0.25, -0.2) is 0 Å². The number of hydrogen-bond donors (Lipinski definition) is 1. The van der Waals surface area contributed by atoms with Crippen molar-refractivity contribution >= 4 is 27.5 Å². The van der Waals surface area contributed by atoms with Gasteiger partial charge in [-0.3, -0.25) is 4.79 Å². The van der Waals surface area contributed by atoms with Crippen LogP contribution < -0.4 is 5.32 Å². The number of benzene rings is 2. The first-order chi connectivity index (χ1) is 9.19. The summed E-state index contributed by atoms with van der Waals surface area (Å²) in [6.07, 6.45) is 2.20. The van der Waals surface area contributed by atoms with Gasteiger partial charge in [-0.05, 0) is 42.3 Å². The fourth-order valence-electron chi connectivity index (χ4n) is 1.88. The summed E-state index contributed by atoms with van der Waals surface area (Å²) in [6.45, 7) is 2.16. The van der Waals surface area contributed by atoms with Crippen molar-refractivity contribution in [1.29, 1.82) is 0 Å². The molecule has 0 unspecified atom stereocenters. The average Bonchev–Trinajstić information content (AvgIpc) is 2.41. The second kappa shape index (κ2) is 6.53. The molecule has 0 bridgehead atoms. The van der Waals surface area contributed by atoms with Gasteiger partial charge < -0.3 is 5.32 Å². The Balaban J connectivity index is 2.06. The van der Waals surface area contributed by atoms with E-state index in [2.05, 4.69) is 40.3 Å². The number of aryl methyl sites for hydroxylation is 1. The van der Waals surface area contributed by atoms with Crippen molar-refractivity contribution in [2.45, 2.75) is 19.8 Å². The summed E-state index contributed by atoms with van der Waals surface area (Å²) in [4.78, 5) is 12.0. The summed E-state index contributed by atoms with van der Waals surface area (Å²) >= 11 is 3.36. The fourth-order valence-corrected chi connectivity index (χ4v) is 2.28. The quantitative estimate of drug-likeness (QED) is 0.873. The predicted octanol–water partition coefficient (Wildman–Crippen LogP) is 4.65. The lowest BCUT2D eigenvalue weighted by atomic mass is 10.1. The maximum atomic E-state index is 12.0. The topological polar surface area (TPSA) is 29.1 Å². The van der Waals surface area contributed by atoms with Gasteiger partial charge in [-0.15, -0.1) is 0 Å². The molecule has 2 rings (SSSR count). The van der Waals surface area contributed by atoms with Crippen molar-refractivity contribution in [1.82, 2.24) is 0 Å². The minimum Gasteiger partial charge on any atom is -0.322 e. The molecule has 19 heavy (non-hydrogen) atoms. The molecule has 2 nitrogen and oxygen atoms in total. The van der Waals surface area contributed by atoms with Crippen LogP contribution in [0.3, 0.4) is 0 Å².